The first kappa shape index (κ1) is 18.6. The minimum atomic E-state index is -4.62. The molecule has 0 aliphatic rings. The van der Waals surface area contributed by atoms with Crippen LogP contribution in [0.1, 0.15) is 50.5 Å². The summed E-state index contributed by atoms with van der Waals surface area (Å²) < 4.78 is 44.6. The van der Waals surface area contributed by atoms with Gasteiger partial charge in [-0.15, -0.1) is 0 Å². The molecule has 0 fully saturated rings. The molecule has 3 aromatic rings. The van der Waals surface area contributed by atoms with E-state index in [1.165, 1.54) is 6.07 Å². The standard InChI is InChI=1S/C17H17F3N4OS/c1-9(12-22-14(24-25-12)16(2,3)4)26-13-10-7-5-6-8-11(10)21-15(23-13)17(18,19)20/h5-9H,1-4H3/t9-/m0/s1. The molecule has 0 saturated carbocycles. The van der Waals surface area contributed by atoms with Gasteiger partial charge in [-0.1, -0.05) is 55.9 Å². The van der Waals surface area contributed by atoms with Gasteiger partial charge in [0.25, 0.3) is 0 Å². The number of hydrogen-bond acceptors (Lipinski definition) is 6. The summed E-state index contributed by atoms with van der Waals surface area (Å²) in [5.41, 5.74) is -0.0394. The van der Waals surface area contributed by atoms with Crippen molar-refractivity contribution in [2.24, 2.45) is 0 Å². The van der Waals surface area contributed by atoms with Crippen molar-refractivity contribution in [1.29, 1.82) is 0 Å². The Morgan fingerprint density at radius 1 is 1.00 bits per heavy atom. The molecule has 0 aliphatic heterocycles. The monoisotopic (exact) mass is 382 g/mol. The lowest BCUT2D eigenvalue weighted by molar-refractivity contribution is -0.145. The molecule has 2 aromatic heterocycles. The molecule has 1 aromatic carbocycles. The number of halogens is 3. The third-order valence-corrected chi connectivity index (χ3v) is 4.66. The minimum absolute atomic E-state index is 0.228. The Hall–Kier alpha value is -2.16. The predicted molar refractivity (Wildman–Crippen MR) is 91.8 cm³/mol. The molecular formula is C17H17F3N4OS. The third kappa shape index (κ3) is 3.82. The van der Waals surface area contributed by atoms with E-state index in [-0.39, 0.29) is 21.2 Å². The number of nitrogens with zero attached hydrogens (tertiary/aromatic N) is 4. The van der Waals surface area contributed by atoms with Crippen LogP contribution in [0.15, 0.2) is 33.8 Å². The molecule has 0 radical (unpaired) electrons. The number of aromatic nitrogens is 4. The van der Waals surface area contributed by atoms with Gasteiger partial charge in [0.15, 0.2) is 5.82 Å². The maximum Gasteiger partial charge on any atom is 0.451 e. The number of hydrogen-bond donors (Lipinski definition) is 0. The van der Waals surface area contributed by atoms with Crippen molar-refractivity contribution in [2.45, 2.75) is 49.6 Å². The van der Waals surface area contributed by atoms with E-state index < -0.39 is 12.0 Å². The highest BCUT2D eigenvalue weighted by Crippen LogP contribution is 2.38. The number of alkyl halides is 3. The molecule has 2 heterocycles. The second-order valence-corrected chi connectivity index (χ2v) is 8.16. The van der Waals surface area contributed by atoms with Crippen LogP contribution in [0.3, 0.4) is 0 Å². The van der Waals surface area contributed by atoms with E-state index >= 15 is 0 Å². The topological polar surface area (TPSA) is 64.7 Å². The average Bonchev–Trinajstić information content (AvgIpc) is 3.04. The molecule has 0 spiro atoms. The van der Waals surface area contributed by atoms with Gasteiger partial charge in [0.1, 0.15) is 5.03 Å². The molecule has 5 nitrogen and oxygen atoms in total. The highest BCUT2D eigenvalue weighted by molar-refractivity contribution is 7.99. The maximum absolute atomic E-state index is 13.1. The summed E-state index contributed by atoms with van der Waals surface area (Å²) in [7, 11) is 0. The fourth-order valence-electron chi connectivity index (χ4n) is 2.19. The summed E-state index contributed by atoms with van der Waals surface area (Å²) in [4.78, 5) is 11.7. The zero-order chi connectivity index (χ0) is 19.1. The molecule has 0 N–H and O–H groups in total. The molecule has 0 aliphatic carbocycles. The van der Waals surface area contributed by atoms with Crippen LogP contribution >= 0.6 is 11.8 Å². The second-order valence-electron chi connectivity index (χ2n) is 6.83. The van der Waals surface area contributed by atoms with Crippen LogP contribution in [0.2, 0.25) is 0 Å². The highest BCUT2D eigenvalue weighted by atomic mass is 32.2. The van der Waals surface area contributed by atoms with Gasteiger partial charge in [0.05, 0.1) is 10.8 Å². The van der Waals surface area contributed by atoms with E-state index in [1.807, 2.05) is 20.8 Å². The van der Waals surface area contributed by atoms with Gasteiger partial charge in [-0.05, 0) is 13.0 Å². The van der Waals surface area contributed by atoms with Gasteiger partial charge in [0.2, 0.25) is 11.7 Å². The van der Waals surface area contributed by atoms with Gasteiger partial charge in [0, 0.05) is 10.8 Å². The molecule has 1 atom stereocenters. The van der Waals surface area contributed by atoms with E-state index in [2.05, 4.69) is 20.1 Å². The molecule has 26 heavy (non-hydrogen) atoms. The number of para-hydroxylation sites is 1. The van der Waals surface area contributed by atoms with E-state index in [0.29, 0.717) is 17.1 Å². The fraction of sp³-hybridized carbons (Fsp3) is 0.412. The average molecular weight is 382 g/mol. The Kier molecular flexibility index (Phi) is 4.68. The van der Waals surface area contributed by atoms with Gasteiger partial charge in [-0.25, -0.2) is 9.97 Å². The van der Waals surface area contributed by atoms with Crippen LogP contribution < -0.4 is 0 Å². The Labute approximate surface area is 152 Å². The molecule has 0 saturated heterocycles. The summed E-state index contributed by atoms with van der Waals surface area (Å²) in [5.74, 6) is -0.272. The van der Waals surface area contributed by atoms with Gasteiger partial charge < -0.3 is 4.52 Å². The SMILES string of the molecule is C[C@H](Sc1nc(C(F)(F)F)nc2ccccc12)c1nc(C(C)(C)C)no1. The molecule has 138 valence electrons. The van der Waals surface area contributed by atoms with Crippen LogP contribution in [0.25, 0.3) is 10.9 Å². The normalized spacial score (nSPS) is 14.0. The van der Waals surface area contributed by atoms with Crippen molar-refractivity contribution in [2.75, 3.05) is 0 Å². The fourth-order valence-corrected chi connectivity index (χ4v) is 3.16. The number of benzene rings is 1. The smallest absolute Gasteiger partial charge is 0.338 e. The zero-order valence-corrected chi connectivity index (χ0v) is 15.4. The second kappa shape index (κ2) is 6.53. The Morgan fingerprint density at radius 2 is 1.69 bits per heavy atom. The summed E-state index contributed by atoms with van der Waals surface area (Å²) in [5, 5.41) is 4.37. The van der Waals surface area contributed by atoms with Crippen LogP contribution in [-0.4, -0.2) is 20.1 Å². The van der Waals surface area contributed by atoms with Gasteiger partial charge >= 0.3 is 6.18 Å². The van der Waals surface area contributed by atoms with Crippen LogP contribution in [0.4, 0.5) is 13.2 Å². The molecule has 0 unspecified atom stereocenters. The summed E-state index contributed by atoms with van der Waals surface area (Å²) in [6.45, 7) is 7.64. The Morgan fingerprint density at radius 3 is 2.31 bits per heavy atom. The summed E-state index contributed by atoms with van der Waals surface area (Å²) in [6, 6.07) is 6.60. The lowest BCUT2D eigenvalue weighted by atomic mass is 9.96. The molecular weight excluding hydrogens is 365 g/mol. The van der Waals surface area contributed by atoms with Crippen molar-refractivity contribution >= 4 is 22.7 Å². The predicted octanol–water partition coefficient (Wildman–Crippen LogP) is 5.18. The number of thioether (sulfide) groups is 1. The summed E-state index contributed by atoms with van der Waals surface area (Å²) in [6.07, 6.45) is -4.62. The number of rotatable bonds is 3. The third-order valence-electron chi connectivity index (χ3n) is 3.57. The van der Waals surface area contributed by atoms with E-state index in [4.69, 9.17) is 4.52 Å². The van der Waals surface area contributed by atoms with E-state index in [1.54, 1.807) is 25.1 Å². The van der Waals surface area contributed by atoms with Crippen molar-refractivity contribution in [3.05, 3.63) is 41.8 Å². The van der Waals surface area contributed by atoms with Gasteiger partial charge in [-0.2, -0.15) is 18.2 Å². The van der Waals surface area contributed by atoms with Crippen molar-refractivity contribution in [1.82, 2.24) is 20.1 Å². The van der Waals surface area contributed by atoms with Crippen molar-refractivity contribution in [3.63, 3.8) is 0 Å². The Bertz CT molecular complexity index is 934. The minimum Gasteiger partial charge on any atom is -0.338 e. The highest BCUT2D eigenvalue weighted by Gasteiger charge is 2.36. The van der Waals surface area contributed by atoms with Crippen molar-refractivity contribution in [3.8, 4) is 0 Å². The molecule has 0 amide bonds. The first-order chi connectivity index (χ1) is 12.1. The van der Waals surface area contributed by atoms with Crippen LogP contribution in [0.5, 0.6) is 0 Å². The molecule has 3 rings (SSSR count). The lowest BCUT2D eigenvalue weighted by Crippen LogP contribution is -2.13. The Balaban J connectivity index is 1.98. The van der Waals surface area contributed by atoms with Crippen LogP contribution in [0, 0.1) is 0 Å². The quantitative estimate of drug-likeness (QED) is 0.459. The zero-order valence-electron chi connectivity index (χ0n) is 14.6. The van der Waals surface area contributed by atoms with Gasteiger partial charge in [-0.3, -0.25) is 0 Å². The van der Waals surface area contributed by atoms with Crippen LogP contribution in [-0.2, 0) is 11.6 Å². The summed E-state index contributed by atoms with van der Waals surface area (Å²) >= 11 is 1.13. The molecule has 0 bridgehead atoms. The first-order valence-corrected chi connectivity index (χ1v) is 8.78. The lowest BCUT2D eigenvalue weighted by Gasteiger charge is -2.12. The number of fused-ring (bicyclic) bond motifs is 1. The molecule has 9 heteroatoms. The maximum atomic E-state index is 13.1. The first-order valence-electron chi connectivity index (χ1n) is 7.90. The van der Waals surface area contributed by atoms with Crippen molar-refractivity contribution < 1.29 is 17.7 Å². The largest absolute Gasteiger partial charge is 0.451 e. The van der Waals surface area contributed by atoms with E-state index in [0.717, 1.165) is 11.8 Å². The van der Waals surface area contributed by atoms with E-state index in [9.17, 15) is 13.2 Å².